The van der Waals surface area contributed by atoms with Crippen LogP contribution >= 0.6 is 11.6 Å². The third-order valence-electron chi connectivity index (χ3n) is 0.736. The third kappa shape index (κ3) is 2.76. The molecule has 9 heavy (non-hydrogen) atoms. The highest BCUT2D eigenvalue weighted by Gasteiger charge is 2.19. The molecule has 0 radical (unpaired) electrons. The molecule has 4 nitrogen and oxygen atoms in total. The Labute approximate surface area is 56.7 Å². The Morgan fingerprint density at radius 2 is 2.00 bits per heavy atom. The molecule has 0 saturated carbocycles. The Bertz CT molecular complexity index is 103. The quantitative estimate of drug-likeness (QED) is 0.431. The molecule has 1 unspecified atom stereocenters. The van der Waals surface area contributed by atoms with Crippen molar-refractivity contribution in [3.63, 3.8) is 0 Å². The first-order valence-corrected chi connectivity index (χ1v) is 2.68. The van der Waals surface area contributed by atoms with E-state index in [2.05, 4.69) is 0 Å². The van der Waals surface area contributed by atoms with Gasteiger partial charge in [-0.05, 0) is 0 Å². The van der Waals surface area contributed by atoms with Gasteiger partial charge in [0.25, 0.3) is 0 Å². The first-order chi connectivity index (χ1) is 4.09. The van der Waals surface area contributed by atoms with Crippen LogP contribution in [0.15, 0.2) is 0 Å². The fraction of sp³-hybridized carbons (Fsp3) is 0.750. The molecule has 0 amide bonds. The number of aliphatic hydroxyl groups is 3. The number of hydrogen-bond donors (Lipinski definition) is 3. The van der Waals surface area contributed by atoms with Gasteiger partial charge in [-0.25, -0.2) is 0 Å². The number of carbonyl (C=O) groups excluding carboxylic acids is 1. The summed E-state index contributed by atoms with van der Waals surface area (Å²) < 4.78 is 0. The van der Waals surface area contributed by atoms with Crippen molar-refractivity contribution < 1.29 is 20.1 Å². The normalized spacial score (nSPS) is 16.9. The van der Waals surface area contributed by atoms with Gasteiger partial charge in [-0.3, -0.25) is 4.79 Å². The van der Waals surface area contributed by atoms with Crippen LogP contribution in [-0.2, 0) is 4.79 Å². The SMILES string of the molecule is O=C(C(O)Cl)[C@H](O)CO. The third-order valence-corrected chi connectivity index (χ3v) is 0.951. The van der Waals surface area contributed by atoms with Gasteiger partial charge >= 0.3 is 0 Å². The van der Waals surface area contributed by atoms with Gasteiger partial charge in [0.2, 0.25) is 5.78 Å². The summed E-state index contributed by atoms with van der Waals surface area (Å²) >= 11 is 4.84. The number of ketones is 1. The summed E-state index contributed by atoms with van der Waals surface area (Å²) in [4.78, 5) is 10.3. The van der Waals surface area contributed by atoms with Crippen molar-refractivity contribution >= 4 is 17.4 Å². The van der Waals surface area contributed by atoms with E-state index in [9.17, 15) is 4.79 Å². The van der Waals surface area contributed by atoms with Crippen LogP contribution in [0.2, 0.25) is 0 Å². The molecule has 2 atom stereocenters. The van der Waals surface area contributed by atoms with Crippen molar-refractivity contribution in [2.75, 3.05) is 6.61 Å². The zero-order chi connectivity index (χ0) is 7.44. The van der Waals surface area contributed by atoms with E-state index in [4.69, 9.17) is 26.9 Å². The van der Waals surface area contributed by atoms with E-state index in [0.29, 0.717) is 0 Å². The summed E-state index contributed by atoms with van der Waals surface area (Å²) in [6, 6.07) is 0. The van der Waals surface area contributed by atoms with E-state index in [1.165, 1.54) is 0 Å². The van der Waals surface area contributed by atoms with Gasteiger partial charge in [0, 0.05) is 0 Å². The van der Waals surface area contributed by atoms with E-state index in [0.717, 1.165) is 0 Å². The fourth-order valence-electron chi connectivity index (χ4n) is 0.249. The molecule has 0 aliphatic carbocycles. The van der Waals surface area contributed by atoms with Crippen molar-refractivity contribution in [3.05, 3.63) is 0 Å². The lowest BCUT2D eigenvalue weighted by atomic mass is 10.2. The minimum Gasteiger partial charge on any atom is -0.393 e. The standard InChI is InChI=1S/C4H7ClO4/c5-4(9)3(8)2(7)1-6/h2,4,6-7,9H,1H2/t2-,4?/m1/s1. The van der Waals surface area contributed by atoms with Gasteiger partial charge in [0.15, 0.2) is 5.56 Å². The predicted octanol–water partition coefficient (Wildman–Crippen LogP) is -1.53. The minimum atomic E-state index is -1.73. The second-order valence-corrected chi connectivity index (χ2v) is 1.85. The molecule has 0 bridgehead atoms. The molecule has 0 aromatic carbocycles. The summed E-state index contributed by atoms with van der Waals surface area (Å²) in [6.45, 7) is -0.720. The maximum Gasteiger partial charge on any atom is 0.207 e. The van der Waals surface area contributed by atoms with E-state index in [-0.39, 0.29) is 0 Å². The molecule has 5 heteroatoms. The number of halogens is 1. The first-order valence-electron chi connectivity index (χ1n) is 2.24. The highest BCUT2D eigenvalue weighted by molar-refractivity contribution is 6.30. The summed E-state index contributed by atoms with van der Waals surface area (Å²) in [7, 11) is 0. The molecule has 0 aromatic heterocycles. The Morgan fingerprint density at radius 1 is 1.56 bits per heavy atom. The summed E-state index contributed by atoms with van der Waals surface area (Å²) in [6.07, 6.45) is -1.57. The van der Waals surface area contributed by atoms with Crippen molar-refractivity contribution in [1.82, 2.24) is 0 Å². The molecule has 0 aliphatic heterocycles. The number of aliphatic hydroxyl groups excluding tert-OH is 3. The Balaban J connectivity index is 3.73. The lowest BCUT2D eigenvalue weighted by molar-refractivity contribution is -0.133. The van der Waals surface area contributed by atoms with Crippen molar-refractivity contribution in [2.45, 2.75) is 11.7 Å². The van der Waals surface area contributed by atoms with Crippen LogP contribution in [0.5, 0.6) is 0 Å². The van der Waals surface area contributed by atoms with E-state index >= 15 is 0 Å². The van der Waals surface area contributed by atoms with Crippen LogP contribution in [0.4, 0.5) is 0 Å². The van der Waals surface area contributed by atoms with E-state index in [1.54, 1.807) is 0 Å². The molecule has 3 N–H and O–H groups in total. The number of Topliss-reactive ketones (excluding diaryl/α,β-unsaturated/α-hetero) is 1. The van der Waals surface area contributed by atoms with Crippen LogP contribution in [0, 0.1) is 0 Å². The van der Waals surface area contributed by atoms with Gasteiger partial charge in [0.1, 0.15) is 6.10 Å². The molecule has 54 valence electrons. The van der Waals surface area contributed by atoms with Gasteiger partial charge in [-0.15, -0.1) is 0 Å². The summed E-state index contributed by atoms with van der Waals surface area (Å²) in [5.74, 6) is -0.987. The predicted molar refractivity (Wildman–Crippen MR) is 30.0 cm³/mol. The van der Waals surface area contributed by atoms with Gasteiger partial charge < -0.3 is 15.3 Å². The Hall–Kier alpha value is -0.160. The fourth-order valence-corrected chi connectivity index (χ4v) is 0.394. The summed E-state index contributed by atoms with van der Waals surface area (Å²) in [5.41, 5.74) is -1.73. The maximum absolute atomic E-state index is 10.3. The highest BCUT2D eigenvalue weighted by Crippen LogP contribution is 1.95. The average Bonchev–Trinajstić information content (AvgIpc) is 1.84. The minimum absolute atomic E-state index is 0.720. The van der Waals surface area contributed by atoms with Crippen LogP contribution in [0.1, 0.15) is 0 Å². The van der Waals surface area contributed by atoms with Crippen LogP contribution in [-0.4, -0.2) is 39.4 Å². The lowest BCUT2D eigenvalue weighted by Crippen LogP contribution is -2.31. The smallest absolute Gasteiger partial charge is 0.207 e. The van der Waals surface area contributed by atoms with E-state index < -0.39 is 24.1 Å². The molecule has 0 heterocycles. The second-order valence-electron chi connectivity index (χ2n) is 1.44. The lowest BCUT2D eigenvalue weighted by Gasteiger charge is -2.04. The monoisotopic (exact) mass is 154 g/mol. The molecular formula is C4H7ClO4. The number of hydrogen-bond acceptors (Lipinski definition) is 4. The number of carbonyl (C=O) groups is 1. The highest BCUT2D eigenvalue weighted by atomic mass is 35.5. The molecule has 0 aliphatic rings. The zero-order valence-corrected chi connectivity index (χ0v) is 5.25. The van der Waals surface area contributed by atoms with Crippen LogP contribution in [0.25, 0.3) is 0 Å². The van der Waals surface area contributed by atoms with Crippen LogP contribution < -0.4 is 0 Å². The first kappa shape index (κ1) is 8.84. The van der Waals surface area contributed by atoms with Crippen molar-refractivity contribution in [2.24, 2.45) is 0 Å². The molecule has 0 fully saturated rings. The molecule has 0 spiro atoms. The molecule has 0 saturated heterocycles. The van der Waals surface area contributed by atoms with Gasteiger partial charge in [-0.2, -0.15) is 0 Å². The summed E-state index contributed by atoms with van der Waals surface area (Å²) in [5, 5.41) is 24.8. The Kier molecular flexibility index (Phi) is 3.72. The van der Waals surface area contributed by atoms with Crippen molar-refractivity contribution in [3.8, 4) is 0 Å². The number of alkyl halides is 1. The Morgan fingerprint density at radius 3 is 2.11 bits per heavy atom. The maximum atomic E-state index is 10.3. The average molecular weight is 155 g/mol. The van der Waals surface area contributed by atoms with Crippen LogP contribution in [0.3, 0.4) is 0 Å². The molecule has 0 aromatic rings. The largest absolute Gasteiger partial charge is 0.393 e. The zero-order valence-electron chi connectivity index (χ0n) is 4.49. The van der Waals surface area contributed by atoms with Gasteiger partial charge in [0.05, 0.1) is 6.61 Å². The topological polar surface area (TPSA) is 77.8 Å². The van der Waals surface area contributed by atoms with Gasteiger partial charge in [-0.1, -0.05) is 11.6 Å². The second kappa shape index (κ2) is 3.79. The van der Waals surface area contributed by atoms with Crippen molar-refractivity contribution in [1.29, 1.82) is 0 Å². The number of rotatable bonds is 3. The van der Waals surface area contributed by atoms with E-state index in [1.807, 2.05) is 0 Å². The molecular weight excluding hydrogens is 147 g/mol. The molecule has 0 rings (SSSR count).